The van der Waals surface area contributed by atoms with Crippen LogP contribution in [0.5, 0.6) is 5.75 Å². The van der Waals surface area contributed by atoms with Gasteiger partial charge >= 0.3 is 0 Å². The Kier molecular flexibility index (Phi) is 7.15. The van der Waals surface area contributed by atoms with Crippen LogP contribution < -0.4 is 26.4 Å². The molecular formula is C30H41N7O. The standard InChI is InChI=1S/C30H41N7O/c1-38-26-5-3-2-4-20(26)16-33-29-34-17-23(15-31)28(37-29)35-18-30-12-19-10-21(13-30)27(22(11-19)14-30)36-25-8-6-24(32)7-9-25/h2-5,17,19,21-22,24-25,27,36H,6-14,16,18,32H2,1H3,(H2,33,34,35,37)/t19?,21-,22+,24?,25?,27-,30-. The molecule has 7 rings (SSSR count). The molecule has 2 aromatic rings. The van der Waals surface area contributed by atoms with Crippen molar-refractivity contribution in [2.75, 3.05) is 24.3 Å². The normalized spacial score (nSPS) is 33.5. The van der Waals surface area contributed by atoms with Crippen molar-refractivity contribution < 1.29 is 4.74 Å². The lowest BCUT2D eigenvalue weighted by molar-refractivity contribution is -0.0729. The molecular weight excluding hydrogens is 474 g/mol. The van der Waals surface area contributed by atoms with E-state index in [9.17, 15) is 5.26 Å². The van der Waals surface area contributed by atoms with Gasteiger partial charge in [-0.15, -0.1) is 0 Å². The molecule has 0 amide bonds. The minimum atomic E-state index is 0.298. The number of hydrogen-bond acceptors (Lipinski definition) is 8. The zero-order valence-electron chi connectivity index (χ0n) is 22.5. The van der Waals surface area contributed by atoms with Crippen molar-refractivity contribution in [1.29, 1.82) is 5.26 Å². The summed E-state index contributed by atoms with van der Waals surface area (Å²) in [5.74, 6) is 4.34. The molecule has 5 atom stereocenters. The molecule has 4 bridgehead atoms. The highest BCUT2D eigenvalue weighted by molar-refractivity contribution is 5.53. The first-order valence-electron chi connectivity index (χ1n) is 14.4. The highest BCUT2D eigenvalue weighted by Gasteiger charge is 2.55. The van der Waals surface area contributed by atoms with E-state index in [0.29, 0.717) is 47.4 Å². The quantitative estimate of drug-likeness (QED) is 0.387. The van der Waals surface area contributed by atoms with Gasteiger partial charge in [0.2, 0.25) is 5.95 Å². The first kappa shape index (κ1) is 25.4. The Labute approximate surface area is 226 Å². The van der Waals surface area contributed by atoms with Crippen molar-refractivity contribution in [3.05, 3.63) is 41.6 Å². The van der Waals surface area contributed by atoms with Crippen molar-refractivity contribution in [3.8, 4) is 11.8 Å². The third-order valence-electron chi connectivity index (χ3n) is 9.77. The zero-order chi connectivity index (χ0) is 26.1. The van der Waals surface area contributed by atoms with Crippen LogP contribution >= 0.6 is 0 Å². The van der Waals surface area contributed by atoms with Gasteiger partial charge in [0.1, 0.15) is 23.2 Å². The summed E-state index contributed by atoms with van der Waals surface area (Å²) >= 11 is 0. The number of anilines is 2. The molecule has 8 nitrogen and oxygen atoms in total. The van der Waals surface area contributed by atoms with E-state index in [2.05, 4.69) is 27.0 Å². The van der Waals surface area contributed by atoms with Gasteiger partial charge < -0.3 is 26.4 Å². The van der Waals surface area contributed by atoms with E-state index >= 15 is 0 Å². The topological polar surface area (TPSA) is 121 Å². The lowest BCUT2D eigenvalue weighted by atomic mass is 9.47. The second-order valence-corrected chi connectivity index (χ2v) is 12.4. The maximum absolute atomic E-state index is 9.73. The summed E-state index contributed by atoms with van der Waals surface area (Å²) in [5, 5.41) is 20.8. The number of nitrogens with zero attached hydrogens (tertiary/aromatic N) is 3. The van der Waals surface area contributed by atoms with Crippen LogP contribution in [-0.2, 0) is 6.54 Å². The Bertz CT molecular complexity index is 1160. The van der Waals surface area contributed by atoms with Crippen LogP contribution in [0.4, 0.5) is 11.8 Å². The number of rotatable bonds is 9. The zero-order valence-corrected chi connectivity index (χ0v) is 22.5. The average Bonchev–Trinajstić information content (AvgIpc) is 2.93. The van der Waals surface area contributed by atoms with E-state index < -0.39 is 0 Å². The van der Waals surface area contributed by atoms with E-state index in [1.807, 2.05) is 24.3 Å². The molecule has 5 fully saturated rings. The van der Waals surface area contributed by atoms with Gasteiger partial charge in [-0.2, -0.15) is 10.2 Å². The number of nitriles is 1. The molecule has 5 aliphatic rings. The summed E-state index contributed by atoms with van der Waals surface area (Å²) in [4.78, 5) is 9.09. The Balaban J connectivity index is 1.10. The van der Waals surface area contributed by atoms with E-state index in [1.165, 1.54) is 44.9 Å². The minimum absolute atomic E-state index is 0.298. The smallest absolute Gasteiger partial charge is 0.224 e. The summed E-state index contributed by atoms with van der Waals surface area (Å²) in [6.07, 6.45) is 13.0. The number of nitrogens with one attached hydrogen (secondary N) is 3. The van der Waals surface area contributed by atoms with Crippen LogP contribution in [0.2, 0.25) is 0 Å². The maximum Gasteiger partial charge on any atom is 0.224 e. The number of hydrogen-bond donors (Lipinski definition) is 4. The van der Waals surface area contributed by atoms with Gasteiger partial charge in [0.05, 0.1) is 13.3 Å². The van der Waals surface area contributed by atoms with Gasteiger partial charge in [0, 0.05) is 36.8 Å². The van der Waals surface area contributed by atoms with Gasteiger partial charge in [-0.25, -0.2) is 4.98 Å². The predicted octanol–water partition coefficient (Wildman–Crippen LogP) is 4.44. The fourth-order valence-electron chi connectivity index (χ4n) is 8.22. The SMILES string of the molecule is COc1ccccc1CNc1ncc(C#N)c(NC[C@]23CC4C[C@H](C2)[C@@H](NC2CCC(N)CC2)[C@@H](C4)C3)n1. The molecule has 0 aliphatic heterocycles. The lowest BCUT2D eigenvalue weighted by Crippen LogP contribution is -2.61. The average molecular weight is 516 g/mol. The number of ether oxygens (including phenoxy) is 1. The number of para-hydroxylation sites is 1. The van der Waals surface area contributed by atoms with Crippen LogP contribution in [-0.4, -0.2) is 41.7 Å². The second kappa shape index (κ2) is 10.7. The molecule has 1 aromatic heterocycles. The largest absolute Gasteiger partial charge is 0.496 e. The molecule has 1 unspecified atom stereocenters. The fourth-order valence-corrected chi connectivity index (χ4v) is 8.22. The van der Waals surface area contributed by atoms with Gasteiger partial charge in [0.25, 0.3) is 0 Å². The summed E-state index contributed by atoms with van der Waals surface area (Å²) < 4.78 is 5.46. The molecule has 202 valence electrons. The molecule has 0 saturated heterocycles. The number of benzene rings is 1. The van der Waals surface area contributed by atoms with Gasteiger partial charge in [0.15, 0.2) is 0 Å². The minimum Gasteiger partial charge on any atom is -0.496 e. The van der Waals surface area contributed by atoms with Gasteiger partial charge in [-0.1, -0.05) is 18.2 Å². The van der Waals surface area contributed by atoms with Crippen molar-refractivity contribution in [3.63, 3.8) is 0 Å². The van der Waals surface area contributed by atoms with Gasteiger partial charge in [-0.3, -0.25) is 0 Å². The Hall–Kier alpha value is -2.89. The van der Waals surface area contributed by atoms with Crippen LogP contribution in [0.3, 0.4) is 0 Å². The van der Waals surface area contributed by atoms with Gasteiger partial charge in [-0.05, 0) is 87.0 Å². The van der Waals surface area contributed by atoms with E-state index in [0.717, 1.165) is 48.5 Å². The monoisotopic (exact) mass is 515 g/mol. The first-order valence-corrected chi connectivity index (χ1v) is 14.4. The fraction of sp³-hybridized carbons (Fsp3) is 0.633. The molecule has 38 heavy (non-hydrogen) atoms. The van der Waals surface area contributed by atoms with Crippen LogP contribution in [0.25, 0.3) is 0 Å². The molecule has 5 N–H and O–H groups in total. The van der Waals surface area contributed by atoms with Crippen molar-refractivity contribution in [2.45, 2.75) is 82.5 Å². The number of aromatic nitrogens is 2. The predicted molar refractivity (Wildman–Crippen MR) is 149 cm³/mol. The number of nitrogens with two attached hydrogens (primary N) is 1. The third kappa shape index (κ3) is 5.19. The number of methoxy groups -OCH3 is 1. The molecule has 5 aliphatic carbocycles. The highest BCUT2D eigenvalue weighted by atomic mass is 16.5. The molecule has 0 spiro atoms. The van der Waals surface area contributed by atoms with E-state index in [-0.39, 0.29) is 0 Å². The van der Waals surface area contributed by atoms with Crippen molar-refractivity contribution >= 4 is 11.8 Å². The second-order valence-electron chi connectivity index (χ2n) is 12.4. The summed E-state index contributed by atoms with van der Waals surface area (Å²) in [7, 11) is 1.67. The Morgan fingerprint density at radius 2 is 1.84 bits per heavy atom. The first-order chi connectivity index (χ1) is 18.5. The third-order valence-corrected chi connectivity index (χ3v) is 9.77. The summed E-state index contributed by atoms with van der Waals surface area (Å²) in [6.45, 7) is 1.42. The Morgan fingerprint density at radius 3 is 2.58 bits per heavy atom. The molecule has 1 aromatic carbocycles. The summed E-state index contributed by atoms with van der Waals surface area (Å²) in [6, 6.07) is 11.9. The Morgan fingerprint density at radius 1 is 1.08 bits per heavy atom. The van der Waals surface area contributed by atoms with Crippen LogP contribution in [0, 0.1) is 34.5 Å². The van der Waals surface area contributed by atoms with E-state index in [4.69, 9.17) is 15.5 Å². The molecule has 1 heterocycles. The molecule has 8 heteroatoms. The van der Waals surface area contributed by atoms with E-state index in [1.54, 1.807) is 13.3 Å². The summed E-state index contributed by atoms with van der Waals surface area (Å²) in [5.41, 5.74) is 7.98. The maximum atomic E-state index is 9.73. The van der Waals surface area contributed by atoms with Crippen molar-refractivity contribution in [2.24, 2.45) is 28.9 Å². The highest BCUT2D eigenvalue weighted by Crippen LogP contribution is 2.60. The van der Waals surface area contributed by atoms with Crippen molar-refractivity contribution in [1.82, 2.24) is 15.3 Å². The molecule has 0 radical (unpaired) electrons. The van der Waals surface area contributed by atoms with Crippen LogP contribution in [0.1, 0.15) is 68.9 Å². The lowest BCUT2D eigenvalue weighted by Gasteiger charge is -2.61. The van der Waals surface area contributed by atoms with Crippen LogP contribution in [0.15, 0.2) is 30.5 Å². The molecule has 5 saturated carbocycles.